The van der Waals surface area contributed by atoms with Gasteiger partial charge in [-0.2, -0.15) is 4.98 Å². The van der Waals surface area contributed by atoms with Crippen LogP contribution in [-0.4, -0.2) is 49.8 Å². The van der Waals surface area contributed by atoms with Crippen molar-refractivity contribution in [3.63, 3.8) is 0 Å². The highest BCUT2D eigenvalue weighted by Gasteiger charge is 2.24. The summed E-state index contributed by atoms with van der Waals surface area (Å²) in [5, 5.41) is 14.3. The van der Waals surface area contributed by atoms with E-state index in [4.69, 9.17) is 5.73 Å². The summed E-state index contributed by atoms with van der Waals surface area (Å²) < 4.78 is 15.4. The van der Waals surface area contributed by atoms with Gasteiger partial charge < -0.3 is 21.1 Å². The summed E-state index contributed by atoms with van der Waals surface area (Å²) in [6, 6.07) is 9.79. The monoisotopic (exact) mass is 462 g/mol. The zero-order valence-electron chi connectivity index (χ0n) is 18.5. The number of halogens is 1. The predicted octanol–water partition coefficient (Wildman–Crippen LogP) is 3.42. The third-order valence-electron chi connectivity index (χ3n) is 6.31. The summed E-state index contributed by atoms with van der Waals surface area (Å²) in [7, 11) is 1.64. The fraction of sp³-hybridized carbons (Fsp3) is 0.250. The van der Waals surface area contributed by atoms with Crippen LogP contribution in [0.1, 0.15) is 12.8 Å². The molecule has 1 saturated heterocycles. The second-order valence-corrected chi connectivity index (χ2v) is 8.47. The highest BCUT2D eigenvalue weighted by molar-refractivity contribution is 6.03. The topological polar surface area (TPSA) is 126 Å². The molecule has 1 fully saturated rings. The van der Waals surface area contributed by atoms with Gasteiger partial charge in [-0.3, -0.25) is 9.36 Å². The first kappa shape index (κ1) is 21.6. The minimum atomic E-state index is -0.946. The third kappa shape index (κ3) is 3.66. The quantitative estimate of drug-likeness (QED) is 0.398. The summed E-state index contributed by atoms with van der Waals surface area (Å²) in [5.41, 5.74) is 7.22. The van der Waals surface area contributed by atoms with Crippen molar-refractivity contribution in [1.82, 2.24) is 19.4 Å². The van der Waals surface area contributed by atoms with E-state index in [-0.39, 0.29) is 17.3 Å². The second kappa shape index (κ2) is 8.29. The molecule has 0 saturated carbocycles. The fourth-order valence-electron chi connectivity index (χ4n) is 4.55. The second-order valence-electron chi connectivity index (χ2n) is 8.47. The molecule has 1 aliphatic rings. The lowest BCUT2D eigenvalue weighted by Crippen LogP contribution is -2.44. The van der Waals surface area contributed by atoms with Crippen LogP contribution in [0.5, 0.6) is 0 Å². The van der Waals surface area contributed by atoms with E-state index in [1.807, 2.05) is 0 Å². The molecule has 0 spiro atoms. The molecule has 5 rings (SSSR count). The van der Waals surface area contributed by atoms with E-state index in [1.54, 1.807) is 43.6 Å². The molecule has 10 heteroatoms. The lowest BCUT2D eigenvalue weighted by molar-refractivity contribution is 0.132. The van der Waals surface area contributed by atoms with Crippen LogP contribution in [0, 0.1) is 5.82 Å². The van der Waals surface area contributed by atoms with Crippen LogP contribution in [0.4, 0.5) is 20.8 Å². The Balaban J connectivity index is 1.55. The van der Waals surface area contributed by atoms with Crippen LogP contribution >= 0.6 is 0 Å². The number of fused-ring (bicyclic) bond motifs is 2. The Kier molecular flexibility index (Phi) is 5.27. The highest BCUT2D eigenvalue weighted by Crippen LogP contribution is 2.32. The number of carbonyl (C=O) groups is 1. The van der Waals surface area contributed by atoms with Crippen molar-refractivity contribution in [2.24, 2.45) is 7.05 Å². The molecular formula is C24H23FN6O3. The van der Waals surface area contributed by atoms with Gasteiger partial charge in [0.25, 0.3) is 5.56 Å². The number of nitrogens with zero attached hydrogens (tertiary/aromatic N) is 4. The average Bonchev–Trinajstić information content (AvgIpc) is 2.84. The number of aromatic nitrogens is 3. The molecular weight excluding hydrogens is 439 g/mol. The van der Waals surface area contributed by atoms with Crippen LogP contribution in [0.25, 0.3) is 32.9 Å². The van der Waals surface area contributed by atoms with Gasteiger partial charge in [-0.05, 0) is 35.9 Å². The van der Waals surface area contributed by atoms with Crippen LogP contribution in [0.15, 0.2) is 47.4 Å². The number of pyridine rings is 1. The predicted molar refractivity (Wildman–Crippen MR) is 128 cm³/mol. The van der Waals surface area contributed by atoms with Crippen molar-refractivity contribution in [2.45, 2.75) is 18.9 Å². The van der Waals surface area contributed by atoms with E-state index in [9.17, 15) is 19.1 Å². The zero-order valence-corrected chi connectivity index (χ0v) is 18.5. The van der Waals surface area contributed by atoms with Crippen molar-refractivity contribution < 1.29 is 14.3 Å². The van der Waals surface area contributed by atoms with Gasteiger partial charge in [0, 0.05) is 48.7 Å². The summed E-state index contributed by atoms with van der Waals surface area (Å²) in [6.45, 7) is 0.856. The molecule has 0 unspecified atom stereocenters. The molecule has 2 aromatic carbocycles. The normalized spacial score (nSPS) is 16.2. The zero-order chi connectivity index (χ0) is 24.0. The van der Waals surface area contributed by atoms with Gasteiger partial charge in [0.05, 0.1) is 5.69 Å². The molecule has 4 N–H and O–H groups in total. The Morgan fingerprint density at radius 3 is 2.85 bits per heavy atom. The van der Waals surface area contributed by atoms with E-state index in [2.05, 4.69) is 15.3 Å². The first-order valence-corrected chi connectivity index (χ1v) is 10.9. The van der Waals surface area contributed by atoms with Crippen LogP contribution in [0.3, 0.4) is 0 Å². The van der Waals surface area contributed by atoms with Gasteiger partial charge in [0.2, 0.25) is 5.95 Å². The number of anilines is 2. The van der Waals surface area contributed by atoms with Crippen molar-refractivity contribution in [3.05, 3.63) is 58.8 Å². The lowest BCUT2D eigenvalue weighted by atomic mass is 9.97. The van der Waals surface area contributed by atoms with Crippen molar-refractivity contribution >= 4 is 39.5 Å². The number of hydrogen-bond donors (Lipinski definition) is 3. The van der Waals surface area contributed by atoms with Gasteiger partial charge in [-0.1, -0.05) is 24.3 Å². The maximum absolute atomic E-state index is 14.0. The number of benzene rings is 2. The van der Waals surface area contributed by atoms with Crippen molar-refractivity contribution in [1.29, 1.82) is 0 Å². The Labute approximate surface area is 193 Å². The number of rotatable bonds is 3. The van der Waals surface area contributed by atoms with E-state index >= 15 is 0 Å². The summed E-state index contributed by atoms with van der Waals surface area (Å²) in [4.78, 5) is 34.9. The molecule has 1 amide bonds. The molecule has 1 aliphatic heterocycles. The molecule has 9 nitrogen and oxygen atoms in total. The van der Waals surface area contributed by atoms with Gasteiger partial charge in [0.1, 0.15) is 11.5 Å². The third-order valence-corrected chi connectivity index (χ3v) is 6.31. The molecule has 0 radical (unpaired) electrons. The molecule has 3 heterocycles. The Hall–Kier alpha value is -4.21. The van der Waals surface area contributed by atoms with Crippen molar-refractivity contribution in [2.75, 3.05) is 24.1 Å². The summed E-state index contributed by atoms with van der Waals surface area (Å²) in [5.74, 6) is -0.171. The Morgan fingerprint density at radius 2 is 2.06 bits per heavy atom. The van der Waals surface area contributed by atoms with E-state index < -0.39 is 11.9 Å². The smallest absolute Gasteiger partial charge is 0.407 e. The molecule has 174 valence electrons. The summed E-state index contributed by atoms with van der Waals surface area (Å²) >= 11 is 0. The number of nitrogens with two attached hydrogens (primary N) is 1. The molecule has 1 atom stereocenters. The van der Waals surface area contributed by atoms with Crippen molar-refractivity contribution in [3.8, 4) is 11.1 Å². The summed E-state index contributed by atoms with van der Waals surface area (Å²) in [6.07, 6.45) is 2.23. The van der Waals surface area contributed by atoms with E-state index in [0.717, 1.165) is 12.8 Å². The SMILES string of the molecule is Cn1c(=O)c(-c2cccc3c(N)c(F)ccc23)cc2cnc(N[C@H]3CCCN(C(=O)O)C3)nc21. The largest absolute Gasteiger partial charge is 0.465 e. The van der Waals surface area contributed by atoms with Crippen LogP contribution in [-0.2, 0) is 7.05 Å². The molecule has 0 aliphatic carbocycles. The van der Waals surface area contributed by atoms with E-state index in [0.29, 0.717) is 52.0 Å². The fourth-order valence-corrected chi connectivity index (χ4v) is 4.55. The molecule has 2 aromatic heterocycles. The number of aryl methyl sites for hydroxylation is 1. The van der Waals surface area contributed by atoms with Crippen LogP contribution in [0.2, 0.25) is 0 Å². The van der Waals surface area contributed by atoms with Gasteiger partial charge in [-0.25, -0.2) is 14.2 Å². The van der Waals surface area contributed by atoms with Gasteiger partial charge in [-0.15, -0.1) is 0 Å². The maximum atomic E-state index is 14.0. The molecule has 34 heavy (non-hydrogen) atoms. The first-order chi connectivity index (χ1) is 16.3. The van der Waals surface area contributed by atoms with Gasteiger partial charge in [0.15, 0.2) is 0 Å². The lowest BCUT2D eigenvalue weighted by Gasteiger charge is -2.31. The number of likely N-dealkylation sites (tertiary alicyclic amines) is 1. The maximum Gasteiger partial charge on any atom is 0.407 e. The number of piperidine rings is 1. The van der Waals surface area contributed by atoms with Crippen LogP contribution < -0.4 is 16.6 Å². The molecule has 4 aromatic rings. The minimum absolute atomic E-state index is 0.0418. The highest BCUT2D eigenvalue weighted by atomic mass is 19.1. The standard InChI is InChI=1S/C24H23FN6O3/c1-30-21-13(11-27-23(29-21)28-14-4-3-9-31(12-14)24(33)34)10-18(22(30)32)15-5-2-6-17-16(15)7-8-19(25)20(17)26/h2,5-8,10-11,14H,3-4,9,12,26H2,1H3,(H,33,34)(H,27,28,29)/t14-/m0/s1. The van der Waals surface area contributed by atoms with Gasteiger partial charge >= 0.3 is 6.09 Å². The number of carboxylic acid groups (broad SMARTS) is 1. The Bertz CT molecular complexity index is 1500. The minimum Gasteiger partial charge on any atom is -0.465 e. The number of amides is 1. The average molecular weight is 462 g/mol. The number of nitrogens with one attached hydrogen (secondary N) is 1. The van der Waals surface area contributed by atoms with E-state index in [1.165, 1.54) is 15.5 Å². The first-order valence-electron chi connectivity index (χ1n) is 10.9. The Morgan fingerprint density at radius 1 is 1.24 bits per heavy atom. The molecule has 0 bridgehead atoms. The number of hydrogen-bond acceptors (Lipinski definition) is 6. The number of nitrogen functional groups attached to an aromatic ring is 1.